The van der Waals surface area contributed by atoms with Gasteiger partial charge in [-0.15, -0.1) is 11.3 Å². The van der Waals surface area contributed by atoms with E-state index in [9.17, 15) is 0 Å². The highest BCUT2D eigenvalue weighted by Gasteiger charge is 2.21. The quantitative estimate of drug-likeness (QED) is 0.392. The minimum Gasteiger partial charge on any atom is -0.340 e. The van der Waals surface area contributed by atoms with E-state index in [1.54, 1.807) is 35.4 Å². The number of nitrogens with zero attached hydrogens (tertiary/aromatic N) is 6. The molecular weight excluding hydrogens is 450 g/mol. The highest BCUT2D eigenvalue weighted by molar-refractivity contribution is 7.97. The molecule has 0 saturated carbocycles. The van der Waals surface area contributed by atoms with Gasteiger partial charge in [-0.05, 0) is 48.3 Å². The van der Waals surface area contributed by atoms with Crippen molar-refractivity contribution in [3.05, 3.63) is 77.9 Å². The SMILES string of the molecule is N#Cc1ccc(Nc2cc(-c3cncs3)nc(N3CCN(Sc4ccccc4)CC3)n2)cc1. The number of hydrogen-bond donors (Lipinski definition) is 1. The van der Waals surface area contributed by atoms with Gasteiger partial charge in [-0.3, -0.25) is 4.98 Å². The summed E-state index contributed by atoms with van der Waals surface area (Å²) in [5.41, 5.74) is 4.16. The van der Waals surface area contributed by atoms with Crippen LogP contribution in [0.5, 0.6) is 0 Å². The number of benzene rings is 2. The molecule has 0 radical (unpaired) electrons. The van der Waals surface area contributed by atoms with Crippen molar-refractivity contribution < 1.29 is 0 Å². The van der Waals surface area contributed by atoms with Crippen LogP contribution in [0.25, 0.3) is 10.6 Å². The molecule has 0 amide bonds. The lowest BCUT2D eigenvalue weighted by Crippen LogP contribution is -2.44. The van der Waals surface area contributed by atoms with E-state index in [0.29, 0.717) is 17.3 Å². The summed E-state index contributed by atoms with van der Waals surface area (Å²) in [5.74, 6) is 1.43. The zero-order valence-corrected chi connectivity index (χ0v) is 19.4. The number of rotatable bonds is 6. The van der Waals surface area contributed by atoms with Gasteiger partial charge in [0.05, 0.1) is 27.7 Å². The van der Waals surface area contributed by atoms with E-state index in [2.05, 4.69) is 49.8 Å². The summed E-state index contributed by atoms with van der Waals surface area (Å²) in [4.78, 5) is 18.4. The second-order valence-electron chi connectivity index (χ2n) is 7.44. The first kappa shape index (κ1) is 21.4. The minimum atomic E-state index is 0.625. The van der Waals surface area contributed by atoms with Crippen LogP contribution in [0.1, 0.15) is 5.56 Å². The Kier molecular flexibility index (Phi) is 6.48. The molecule has 7 nitrogen and oxygen atoms in total. The van der Waals surface area contributed by atoms with Crippen molar-refractivity contribution in [1.29, 1.82) is 5.26 Å². The van der Waals surface area contributed by atoms with Crippen LogP contribution in [0, 0.1) is 11.3 Å². The summed E-state index contributed by atoms with van der Waals surface area (Å²) in [6.45, 7) is 3.54. The van der Waals surface area contributed by atoms with E-state index < -0.39 is 0 Å². The molecule has 0 spiro atoms. The Morgan fingerprint density at radius 2 is 1.76 bits per heavy atom. The van der Waals surface area contributed by atoms with E-state index in [4.69, 9.17) is 15.2 Å². The topological polar surface area (TPSA) is 81.0 Å². The van der Waals surface area contributed by atoms with Gasteiger partial charge in [0.1, 0.15) is 5.82 Å². The molecule has 2 aromatic heterocycles. The van der Waals surface area contributed by atoms with Crippen LogP contribution in [0.4, 0.5) is 17.5 Å². The first-order chi connectivity index (χ1) is 16.3. The number of aromatic nitrogens is 3. The van der Waals surface area contributed by atoms with Crippen LogP contribution in [0.2, 0.25) is 0 Å². The van der Waals surface area contributed by atoms with Gasteiger partial charge in [-0.1, -0.05) is 18.2 Å². The predicted octanol–water partition coefficient (Wildman–Crippen LogP) is 5.04. The summed E-state index contributed by atoms with van der Waals surface area (Å²) in [7, 11) is 0. The highest BCUT2D eigenvalue weighted by Crippen LogP contribution is 2.29. The second-order valence-corrected chi connectivity index (χ2v) is 9.50. The van der Waals surface area contributed by atoms with Gasteiger partial charge in [0.2, 0.25) is 5.95 Å². The maximum Gasteiger partial charge on any atom is 0.228 e. The molecule has 9 heteroatoms. The normalized spacial score (nSPS) is 14.1. The molecular formula is C24H21N7S2. The van der Waals surface area contributed by atoms with Gasteiger partial charge in [0.15, 0.2) is 0 Å². The molecule has 1 saturated heterocycles. The first-order valence-electron chi connectivity index (χ1n) is 10.5. The van der Waals surface area contributed by atoms with Crippen molar-refractivity contribution in [1.82, 2.24) is 19.3 Å². The summed E-state index contributed by atoms with van der Waals surface area (Å²) in [6.07, 6.45) is 1.83. The van der Waals surface area contributed by atoms with Gasteiger partial charge in [0, 0.05) is 49.0 Å². The summed E-state index contributed by atoms with van der Waals surface area (Å²) < 4.78 is 2.38. The highest BCUT2D eigenvalue weighted by atomic mass is 32.2. The Labute approximate surface area is 200 Å². The zero-order chi connectivity index (χ0) is 22.5. The maximum atomic E-state index is 9.04. The minimum absolute atomic E-state index is 0.625. The average molecular weight is 472 g/mol. The van der Waals surface area contributed by atoms with Crippen LogP contribution in [-0.4, -0.2) is 45.4 Å². The Hall–Kier alpha value is -3.45. The third-order valence-electron chi connectivity index (χ3n) is 5.18. The van der Waals surface area contributed by atoms with Crippen molar-refractivity contribution in [2.24, 2.45) is 0 Å². The monoisotopic (exact) mass is 471 g/mol. The van der Waals surface area contributed by atoms with E-state index in [1.165, 1.54) is 4.90 Å². The van der Waals surface area contributed by atoms with Gasteiger partial charge in [0.25, 0.3) is 0 Å². The molecule has 0 unspecified atom stereocenters. The Balaban J connectivity index is 1.34. The molecule has 3 heterocycles. The van der Waals surface area contributed by atoms with Crippen LogP contribution in [-0.2, 0) is 0 Å². The average Bonchev–Trinajstić information content (AvgIpc) is 3.41. The van der Waals surface area contributed by atoms with E-state index in [-0.39, 0.29) is 0 Å². The van der Waals surface area contributed by atoms with E-state index in [0.717, 1.165) is 42.4 Å². The standard InChI is InChI=1S/C24H21N7S2/c25-15-18-6-8-19(9-7-18)27-23-14-21(22-16-26-17-32-22)28-24(29-23)30-10-12-31(13-11-30)33-20-4-2-1-3-5-20/h1-9,14,16-17H,10-13H2,(H,27,28,29). The fourth-order valence-corrected chi connectivity index (χ4v) is 5.00. The molecule has 33 heavy (non-hydrogen) atoms. The van der Waals surface area contributed by atoms with E-state index >= 15 is 0 Å². The molecule has 1 fully saturated rings. The Bertz CT molecular complexity index is 1230. The second kappa shape index (κ2) is 10.0. The third-order valence-corrected chi connectivity index (χ3v) is 7.09. The molecule has 2 aromatic carbocycles. The number of nitrogens with one attached hydrogen (secondary N) is 1. The van der Waals surface area contributed by atoms with E-state index in [1.807, 2.05) is 36.0 Å². The van der Waals surface area contributed by atoms with Gasteiger partial charge >= 0.3 is 0 Å². The lowest BCUT2D eigenvalue weighted by Gasteiger charge is -2.34. The van der Waals surface area contributed by atoms with Gasteiger partial charge < -0.3 is 10.2 Å². The summed E-state index contributed by atoms with van der Waals surface area (Å²) in [5, 5.41) is 12.4. The fourth-order valence-electron chi connectivity index (χ4n) is 3.49. The number of hydrogen-bond acceptors (Lipinski definition) is 9. The molecule has 0 atom stereocenters. The molecule has 164 valence electrons. The third kappa shape index (κ3) is 5.31. The lowest BCUT2D eigenvalue weighted by atomic mass is 10.2. The largest absolute Gasteiger partial charge is 0.340 e. The molecule has 0 bridgehead atoms. The molecule has 4 aromatic rings. The molecule has 1 N–H and O–H groups in total. The number of nitriles is 1. The van der Waals surface area contributed by atoms with Crippen molar-refractivity contribution in [3.8, 4) is 16.6 Å². The lowest BCUT2D eigenvalue weighted by molar-refractivity contribution is 0.426. The van der Waals surface area contributed by atoms with Gasteiger partial charge in [-0.2, -0.15) is 10.2 Å². The smallest absolute Gasteiger partial charge is 0.228 e. The molecule has 5 rings (SSSR count). The van der Waals surface area contributed by atoms with Crippen LogP contribution < -0.4 is 10.2 Å². The predicted molar refractivity (Wildman–Crippen MR) is 134 cm³/mol. The van der Waals surface area contributed by atoms with Gasteiger partial charge in [-0.25, -0.2) is 9.29 Å². The summed E-state index contributed by atoms with van der Waals surface area (Å²) in [6, 6.07) is 21.9. The fraction of sp³-hybridized carbons (Fsp3) is 0.167. The zero-order valence-electron chi connectivity index (χ0n) is 17.8. The molecule has 1 aliphatic rings. The molecule has 0 aliphatic carbocycles. The number of piperazine rings is 1. The van der Waals surface area contributed by atoms with Crippen LogP contribution in [0.15, 0.2) is 77.3 Å². The first-order valence-corrected chi connectivity index (χ1v) is 12.2. The number of anilines is 3. The van der Waals surface area contributed by atoms with Crippen molar-refractivity contribution in [3.63, 3.8) is 0 Å². The van der Waals surface area contributed by atoms with Crippen LogP contribution >= 0.6 is 23.3 Å². The van der Waals surface area contributed by atoms with Crippen molar-refractivity contribution in [2.45, 2.75) is 4.90 Å². The maximum absolute atomic E-state index is 9.04. The summed E-state index contributed by atoms with van der Waals surface area (Å²) >= 11 is 3.35. The Morgan fingerprint density at radius 1 is 0.970 bits per heavy atom. The van der Waals surface area contributed by atoms with Crippen molar-refractivity contribution in [2.75, 3.05) is 36.4 Å². The van der Waals surface area contributed by atoms with Crippen molar-refractivity contribution >= 4 is 40.7 Å². The molecule has 1 aliphatic heterocycles. The Morgan fingerprint density at radius 3 is 2.45 bits per heavy atom. The van der Waals surface area contributed by atoms with Crippen LogP contribution in [0.3, 0.4) is 0 Å². The number of thiazole rings is 1.